The van der Waals surface area contributed by atoms with E-state index in [1.54, 1.807) is 0 Å². The van der Waals surface area contributed by atoms with Crippen molar-refractivity contribution in [2.75, 3.05) is 39.5 Å². The van der Waals surface area contributed by atoms with Gasteiger partial charge in [-0.1, -0.05) is 12.8 Å². The molecule has 3 heteroatoms. The summed E-state index contributed by atoms with van der Waals surface area (Å²) < 4.78 is 5.42. The summed E-state index contributed by atoms with van der Waals surface area (Å²) in [7, 11) is 0. The van der Waals surface area contributed by atoms with Gasteiger partial charge >= 0.3 is 0 Å². The van der Waals surface area contributed by atoms with Crippen LogP contribution in [0, 0.1) is 11.8 Å². The highest BCUT2D eigenvalue weighted by molar-refractivity contribution is 4.77. The largest absolute Gasteiger partial charge is 0.396 e. The lowest BCUT2D eigenvalue weighted by molar-refractivity contribution is 0.107. The second-order valence-corrected chi connectivity index (χ2v) is 5.28. The number of likely N-dealkylation sites (tertiary alicyclic amines) is 1. The maximum Gasteiger partial charge on any atom is 0.0499 e. The molecule has 0 amide bonds. The predicted octanol–water partition coefficient (Wildman–Crippen LogP) is 1.51. The lowest BCUT2D eigenvalue weighted by Crippen LogP contribution is -2.35. The monoisotopic (exact) mass is 227 g/mol. The molecule has 0 aromatic heterocycles. The molecule has 2 fully saturated rings. The molecule has 0 aromatic carbocycles. The zero-order valence-corrected chi connectivity index (χ0v) is 10.2. The second kappa shape index (κ2) is 6.58. The molecule has 2 rings (SSSR count). The van der Waals surface area contributed by atoms with Gasteiger partial charge in [-0.25, -0.2) is 0 Å². The molecule has 1 N–H and O–H groups in total. The molecule has 0 aliphatic carbocycles. The Bertz CT molecular complexity index is 184. The molecule has 2 aliphatic heterocycles. The van der Waals surface area contributed by atoms with Crippen molar-refractivity contribution < 1.29 is 9.84 Å². The van der Waals surface area contributed by atoms with Crippen LogP contribution in [0.3, 0.4) is 0 Å². The highest BCUT2D eigenvalue weighted by Gasteiger charge is 2.27. The molecule has 0 saturated carbocycles. The fourth-order valence-electron chi connectivity index (χ4n) is 2.93. The van der Waals surface area contributed by atoms with Gasteiger partial charge in [-0.05, 0) is 44.2 Å². The summed E-state index contributed by atoms with van der Waals surface area (Å²) in [5.74, 6) is 1.02. The van der Waals surface area contributed by atoms with Crippen LogP contribution in [0.15, 0.2) is 0 Å². The van der Waals surface area contributed by atoms with Gasteiger partial charge in [0.25, 0.3) is 0 Å². The van der Waals surface area contributed by atoms with E-state index in [1.807, 2.05) is 0 Å². The van der Waals surface area contributed by atoms with E-state index in [0.29, 0.717) is 18.4 Å². The van der Waals surface area contributed by atoms with Crippen molar-refractivity contribution in [3.8, 4) is 0 Å². The first-order valence-corrected chi connectivity index (χ1v) is 6.81. The molecule has 3 nitrogen and oxygen atoms in total. The average Bonchev–Trinajstić information content (AvgIpc) is 2.71. The highest BCUT2D eigenvalue weighted by Crippen LogP contribution is 2.23. The summed E-state index contributed by atoms with van der Waals surface area (Å²) in [6.45, 7) is 5.60. The zero-order chi connectivity index (χ0) is 11.2. The summed E-state index contributed by atoms with van der Waals surface area (Å²) in [5.41, 5.74) is 0. The van der Waals surface area contributed by atoms with E-state index < -0.39 is 0 Å². The molecule has 94 valence electrons. The van der Waals surface area contributed by atoms with Crippen LogP contribution in [0.1, 0.15) is 32.1 Å². The van der Waals surface area contributed by atoms with Crippen LogP contribution < -0.4 is 0 Å². The molecule has 16 heavy (non-hydrogen) atoms. The molecule has 2 aliphatic rings. The third kappa shape index (κ3) is 3.44. The molecule has 2 atom stereocenters. The minimum Gasteiger partial charge on any atom is -0.396 e. The van der Waals surface area contributed by atoms with Crippen molar-refractivity contribution >= 4 is 0 Å². The molecule has 0 spiro atoms. The van der Waals surface area contributed by atoms with Gasteiger partial charge in [0.15, 0.2) is 0 Å². The number of hydrogen-bond acceptors (Lipinski definition) is 3. The third-order valence-corrected chi connectivity index (χ3v) is 4.06. The fourth-order valence-corrected chi connectivity index (χ4v) is 2.93. The fraction of sp³-hybridized carbons (Fsp3) is 1.00. The molecule has 0 bridgehead atoms. The summed E-state index contributed by atoms with van der Waals surface area (Å²) >= 11 is 0. The highest BCUT2D eigenvalue weighted by atomic mass is 16.5. The zero-order valence-electron chi connectivity index (χ0n) is 10.2. The van der Waals surface area contributed by atoms with Gasteiger partial charge < -0.3 is 14.7 Å². The number of aliphatic hydroxyl groups excluding tert-OH is 1. The Labute approximate surface area is 98.8 Å². The van der Waals surface area contributed by atoms with Gasteiger partial charge in [-0.2, -0.15) is 0 Å². The SMILES string of the molecule is OCC(CN1CCCCCC1)C1CCOC1. The Morgan fingerprint density at radius 1 is 1.19 bits per heavy atom. The van der Waals surface area contributed by atoms with Crippen LogP contribution in [-0.2, 0) is 4.74 Å². The maximum atomic E-state index is 9.51. The number of ether oxygens (including phenoxy) is 1. The first kappa shape index (κ1) is 12.3. The normalized spacial score (nSPS) is 30.2. The summed E-state index contributed by atoms with van der Waals surface area (Å²) in [5, 5.41) is 9.51. The van der Waals surface area contributed by atoms with Gasteiger partial charge in [0.2, 0.25) is 0 Å². The Morgan fingerprint density at radius 2 is 1.94 bits per heavy atom. The quantitative estimate of drug-likeness (QED) is 0.790. The topological polar surface area (TPSA) is 32.7 Å². The molecule has 2 saturated heterocycles. The van der Waals surface area contributed by atoms with Crippen LogP contribution in [0.4, 0.5) is 0 Å². The van der Waals surface area contributed by atoms with Crippen molar-refractivity contribution in [2.24, 2.45) is 11.8 Å². The lowest BCUT2D eigenvalue weighted by atomic mass is 9.92. The first-order chi connectivity index (χ1) is 7.90. The maximum absolute atomic E-state index is 9.51. The standard InChI is InChI=1S/C13H25NO2/c15-10-13(12-5-8-16-11-12)9-14-6-3-1-2-4-7-14/h12-13,15H,1-11H2. The summed E-state index contributed by atoms with van der Waals surface area (Å²) in [6.07, 6.45) is 6.57. The van der Waals surface area contributed by atoms with Crippen LogP contribution in [0.5, 0.6) is 0 Å². The summed E-state index contributed by atoms with van der Waals surface area (Å²) in [4.78, 5) is 2.55. The lowest BCUT2D eigenvalue weighted by Gasteiger charge is -2.28. The van der Waals surface area contributed by atoms with E-state index in [9.17, 15) is 5.11 Å². The van der Waals surface area contributed by atoms with Gasteiger partial charge in [0.05, 0.1) is 0 Å². The minimum absolute atomic E-state index is 0.324. The van der Waals surface area contributed by atoms with Gasteiger partial charge in [-0.15, -0.1) is 0 Å². The first-order valence-electron chi connectivity index (χ1n) is 6.81. The Morgan fingerprint density at radius 3 is 2.50 bits per heavy atom. The Hall–Kier alpha value is -0.120. The van der Waals surface area contributed by atoms with Gasteiger partial charge in [0, 0.05) is 26.4 Å². The molecular formula is C13H25NO2. The Balaban J connectivity index is 1.79. The van der Waals surface area contributed by atoms with Crippen molar-refractivity contribution in [3.63, 3.8) is 0 Å². The number of rotatable bonds is 4. The van der Waals surface area contributed by atoms with Crippen molar-refractivity contribution in [2.45, 2.75) is 32.1 Å². The van der Waals surface area contributed by atoms with E-state index in [-0.39, 0.29) is 0 Å². The molecule has 2 unspecified atom stereocenters. The van der Waals surface area contributed by atoms with Gasteiger partial charge in [-0.3, -0.25) is 0 Å². The number of aliphatic hydroxyl groups is 1. The van der Waals surface area contributed by atoms with Gasteiger partial charge in [0.1, 0.15) is 0 Å². The van der Waals surface area contributed by atoms with E-state index in [1.165, 1.54) is 38.8 Å². The van der Waals surface area contributed by atoms with E-state index >= 15 is 0 Å². The second-order valence-electron chi connectivity index (χ2n) is 5.28. The third-order valence-electron chi connectivity index (χ3n) is 4.06. The minimum atomic E-state index is 0.324. The van der Waals surface area contributed by atoms with Crippen LogP contribution >= 0.6 is 0 Å². The van der Waals surface area contributed by atoms with Crippen molar-refractivity contribution in [3.05, 3.63) is 0 Å². The predicted molar refractivity (Wildman–Crippen MR) is 64.4 cm³/mol. The van der Waals surface area contributed by atoms with E-state index in [4.69, 9.17) is 4.74 Å². The van der Waals surface area contributed by atoms with Crippen molar-refractivity contribution in [1.82, 2.24) is 4.90 Å². The van der Waals surface area contributed by atoms with E-state index in [2.05, 4.69) is 4.90 Å². The smallest absolute Gasteiger partial charge is 0.0499 e. The summed E-state index contributed by atoms with van der Waals surface area (Å²) in [6, 6.07) is 0. The number of nitrogens with zero attached hydrogens (tertiary/aromatic N) is 1. The van der Waals surface area contributed by atoms with Crippen molar-refractivity contribution in [1.29, 1.82) is 0 Å². The van der Waals surface area contributed by atoms with Crippen LogP contribution in [0.2, 0.25) is 0 Å². The number of hydrogen-bond donors (Lipinski definition) is 1. The molecule has 0 radical (unpaired) electrons. The Kier molecular flexibility index (Phi) is 5.07. The van der Waals surface area contributed by atoms with Crippen LogP contribution in [0.25, 0.3) is 0 Å². The molecule has 2 heterocycles. The molecule has 0 aromatic rings. The molecular weight excluding hydrogens is 202 g/mol. The van der Waals surface area contributed by atoms with Crippen LogP contribution in [-0.4, -0.2) is 49.5 Å². The average molecular weight is 227 g/mol. The van der Waals surface area contributed by atoms with E-state index in [0.717, 1.165) is 26.2 Å².